The van der Waals surface area contributed by atoms with Crippen LogP contribution in [-0.4, -0.2) is 14.2 Å². The van der Waals surface area contributed by atoms with Gasteiger partial charge in [0.15, 0.2) is 5.78 Å². The Morgan fingerprint density at radius 1 is 1.18 bits per heavy atom. The minimum Gasteiger partial charge on any atom is -0.294 e. The zero-order valence-electron chi connectivity index (χ0n) is 12.3. The van der Waals surface area contributed by atoms with Crippen LogP contribution in [0.2, 0.25) is 0 Å². The normalized spacial score (nSPS) is 11.2. The molecule has 2 aromatic carbocycles. The van der Waals surface area contributed by atoms with Crippen LogP contribution in [0.25, 0.3) is 0 Å². The van der Waals surface area contributed by atoms with E-state index in [1.807, 2.05) is 19.1 Å². The Morgan fingerprint density at radius 3 is 2.59 bits per heavy atom. The summed E-state index contributed by atoms with van der Waals surface area (Å²) in [6.45, 7) is 3.56. The molecule has 0 aliphatic heterocycles. The van der Waals surface area contributed by atoms with Crippen molar-refractivity contribution < 1.29 is 13.2 Å². The fraction of sp³-hybridized carbons (Fsp3) is 0.188. The molecule has 0 fully saturated rings. The molecule has 0 aliphatic carbocycles. The summed E-state index contributed by atoms with van der Waals surface area (Å²) < 4.78 is 28.3. The molecule has 1 N–H and O–H groups in total. The van der Waals surface area contributed by atoms with E-state index in [2.05, 4.69) is 20.7 Å². The topological polar surface area (TPSA) is 63.2 Å². The van der Waals surface area contributed by atoms with E-state index in [0.29, 0.717) is 17.7 Å². The van der Waals surface area contributed by atoms with Gasteiger partial charge in [-0.3, -0.25) is 9.52 Å². The number of Topliss-reactive ketones (excluding diaryl/α,β-unsaturated/α-hetero) is 1. The van der Waals surface area contributed by atoms with E-state index in [-0.39, 0.29) is 10.7 Å². The Labute approximate surface area is 138 Å². The van der Waals surface area contributed by atoms with Gasteiger partial charge in [-0.25, -0.2) is 8.42 Å². The smallest absolute Gasteiger partial charge is 0.261 e. The molecule has 2 aromatic rings. The average Bonchev–Trinajstić information content (AvgIpc) is 2.50. The molecule has 0 spiro atoms. The first-order valence-electron chi connectivity index (χ1n) is 6.75. The highest BCUT2D eigenvalue weighted by Crippen LogP contribution is 2.24. The van der Waals surface area contributed by atoms with Crippen molar-refractivity contribution in [3.05, 3.63) is 58.1 Å². The van der Waals surface area contributed by atoms with Crippen LogP contribution in [0.5, 0.6) is 0 Å². The van der Waals surface area contributed by atoms with Crippen LogP contribution in [0.4, 0.5) is 5.69 Å². The molecule has 0 aliphatic rings. The number of halogens is 1. The predicted molar refractivity (Wildman–Crippen MR) is 90.8 cm³/mol. The summed E-state index contributed by atoms with van der Waals surface area (Å²) in [4.78, 5) is 11.8. The van der Waals surface area contributed by atoms with Crippen LogP contribution >= 0.6 is 15.9 Å². The van der Waals surface area contributed by atoms with Gasteiger partial charge in [-0.15, -0.1) is 0 Å². The maximum atomic E-state index is 12.5. The van der Waals surface area contributed by atoms with Gasteiger partial charge >= 0.3 is 0 Å². The van der Waals surface area contributed by atoms with Gasteiger partial charge in [-0.1, -0.05) is 41.1 Å². The van der Waals surface area contributed by atoms with E-state index in [4.69, 9.17) is 0 Å². The Balaban J connectivity index is 2.38. The largest absolute Gasteiger partial charge is 0.294 e. The van der Waals surface area contributed by atoms with Crippen molar-refractivity contribution in [3.8, 4) is 0 Å². The molecule has 0 atom stereocenters. The summed E-state index contributed by atoms with van der Waals surface area (Å²) in [7, 11) is -3.74. The Hall–Kier alpha value is -1.66. The molecule has 0 saturated carbocycles. The molecular formula is C16H16BrNO3S. The number of nitrogens with one attached hydrogen (secondary N) is 1. The van der Waals surface area contributed by atoms with Gasteiger partial charge in [0.25, 0.3) is 10.0 Å². The Morgan fingerprint density at radius 2 is 1.91 bits per heavy atom. The standard InChI is InChI=1S/C16H16BrNO3S/c1-3-16(19)12-5-4-6-14(9-12)22(20,21)18-15-10-13(17)8-7-11(15)2/h4-10,18H,3H2,1-2H3. The van der Waals surface area contributed by atoms with Crippen molar-refractivity contribution in [1.29, 1.82) is 0 Å². The molecule has 0 heterocycles. The van der Waals surface area contributed by atoms with Crippen LogP contribution in [0.1, 0.15) is 29.3 Å². The molecule has 6 heteroatoms. The second-order valence-electron chi connectivity index (χ2n) is 4.87. The van der Waals surface area contributed by atoms with E-state index in [0.717, 1.165) is 10.0 Å². The van der Waals surface area contributed by atoms with Gasteiger partial charge in [0.1, 0.15) is 0 Å². The molecule has 0 saturated heterocycles. The summed E-state index contributed by atoms with van der Waals surface area (Å²) >= 11 is 3.32. The van der Waals surface area contributed by atoms with E-state index in [9.17, 15) is 13.2 Å². The lowest BCUT2D eigenvalue weighted by Gasteiger charge is -2.11. The lowest BCUT2D eigenvalue weighted by molar-refractivity contribution is 0.0988. The molecule has 22 heavy (non-hydrogen) atoms. The molecule has 0 radical (unpaired) electrons. The molecule has 2 rings (SSSR count). The van der Waals surface area contributed by atoms with E-state index in [1.165, 1.54) is 12.1 Å². The summed E-state index contributed by atoms with van der Waals surface area (Å²) in [6.07, 6.45) is 0.335. The van der Waals surface area contributed by atoms with E-state index < -0.39 is 10.0 Å². The lowest BCUT2D eigenvalue weighted by atomic mass is 10.1. The molecular weight excluding hydrogens is 366 g/mol. The van der Waals surface area contributed by atoms with Crippen molar-refractivity contribution in [1.82, 2.24) is 0 Å². The van der Waals surface area contributed by atoms with Gasteiger partial charge in [0.2, 0.25) is 0 Å². The highest BCUT2D eigenvalue weighted by molar-refractivity contribution is 9.10. The molecule has 0 unspecified atom stereocenters. The first-order chi connectivity index (χ1) is 10.3. The van der Waals surface area contributed by atoms with Crippen LogP contribution in [0.15, 0.2) is 51.8 Å². The number of ketones is 1. The fourth-order valence-electron chi connectivity index (χ4n) is 1.95. The monoisotopic (exact) mass is 381 g/mol. The number of sulfonamides is 1. The number of hydrogen-bond donors (Lipinski definition) is 1. The van der Waals surface area contributed by atoms with Gasteiger partial charge < -0.3 is 0 Å². The zero-order valence-corrected chi connectivity index (χ0v) is 14.7. The number of carbonyl (C=O) groups excluding carboxylic acids is 1. The number of aryl methyl sites for hydroxylation is 1. The first-order valence-corrected chi connectivity index (χ1v) is 9.03. The third kappa shape index (κ3) is 3.75. The van der Waals surface area contributed by atoms with Gasteiger partial charge in [0.05, 0.1) is 10.6 Å². The maximum absolute atomic E-state index is 12.5. The number of carbonyl (C=O) groups is 1. The molecule has 0 aromatic heterocycles. The Bertz CT molecular complexity index is 816. The van der Waals surface area contributed by atoms with Gasteiger partial charge in [-0.2, -0.15) is 0 Å². The minimum atomic E-state index is -3.74. The van der Waals surface area contributed by atoms with Crippen LogP contribution in [0, 0.1) is 6.92 Å². The van der Waals surface area contributed by atoms with Crippen molar-refractivity contribution in [2.24, 2.45) is 0 Å². The molecule has 116 valence electrons. The predicted octanol–water partition coefficient (Wildman–Crippen LogP) is 4.15. The van der Waals surface area contributed by atoms with Crippen LogP contribution in [0.3, 0.4) is 0 Å². The molecule has 0 amide bonds. The number of benzene rings is 2. The summed E-state index contributed by atoms with van der Waals surface area (Å²) in [5, 5.41) is 0. The minimum absolute atomic E-state index is 0.0752. The summed E-state index contributed by atoms with van der Waals surface area (Å²) in [5.41, 5.74) is 1.71. The van der Waals surface area contributed by atoms with Crippen molar-refractivity contribution in [2.75, 3.05) is 4.72 Å². The molecule has 4 nitrogen and oxygen atoms in total. The highest BCUT2D eigenvalue weighted by Gasteiger charge is 2.17. The number of rotatable bonds is 5. The van der Waals surface area contributed by atoms with E-state index >= 15 is 0 Å². The van der Waals surface area contributed by atoms with Gasteiger partial charge in [-0.05, 0) is 36.8 Å². The van der Waals surface area contributed by atoms with Crippen molar-refractivity contribution in [3.63, 3.8) is 0 Å². The summed E-state index contributed by atoms with van der Waals surface area (Å²) in [5.74, 6) is -0.0873. The lowest BCUT2D eigenvalue weighted by Crippen LogP contribution is -2.14. The summed E-state index contributed by atoms with van der Waals surface area (Å²) in [6, 6.07) is 11.4. The third-order valence-electron chi connectivity index (χ3n) is 3.23. The highest BCUT2D eigenvalue weighted by atomic mass is 79.9. The third-order valence-corrected chi connectivity index (χ3v) is 5.09. The zero-order chi connectivity index (χ0) is 16.3. The first kappa shape index (κ1) is 16.7. The van der Waals surface area contributed by atoms with E-state index in [1.54, 1.807) is 25.1 Å². The number of hydrogen-bond acceptors (Lipinski definition) is 3. The quantitative estimate of drug-likeness (QED) is 0.791. The fourth-order valence-corrected chi connectivity index (χ4v) is 3.48. The Kier molecular flexibility index (Phi) is 5.03. The van der Waals surface area contributed by atoms with Crippen LogP contribution in [-0.2, 0) is 10.0 Å². The number of anilines is 1. The van der Waals surface area contributed by atoms with Gasteiger partial charge in [0, 0.05) is 16.5 Å². The van der Waals surface area contributed by atoms with Crippen molar-refractivity contribution in [2.45, 2.75) is 25.2 Å². The second kappa shape index (κ2) is 6.62. The average molecular weight is 382 g/mol. The maximum Gasteiger partial charge on any atom is 0.261 e. The SMILES string of the molecule is CCC(=O)c1cccc(S(=O)(=O)Nc2cc(Br)ccc2C)c1. The molecule has 0 bridgehead atoms. The van der Waals surface area contributed by atoms with Crippen molar-refractivity contribution >= 4 is 37.4 Å². The van der Waals surface area contributed by atoms with Crippen LogP contribution < -0.4 is 4.72 Å². The second-order valence-corrected chi connectivity index (χ2v) is 7.47.